The van der Waals surface area contributed by atoms with Gasteiger partial charge in [0, 0.05) is 25.0 Å². The van der Waals surface area contributed by atoms with Gasteiger partial charge in [0.25, 0.3) is 0 Å². The van der Waals surface area contributed by atoms with Gasteiger partial charge in [-0.15, -0.1) is 11.3 Å². The van der Waals surface area contributed by atoms with Crippen LogP contribution in [-0.4, -0.2) is 48.0 Å². The molecule has 0 aromatic carbocycles. The molecule has 1 saturated heterocycles. The first-order valence-corrected chi connectivity index (χ1v) is 8.98. The van der Waals surface area contributed by atoms with E-state index in [1.54, 1.807) is 23.3 Å². The Morgan fingerprint density at radius 2 is 2.26 bits per heavy atom. The molecular formula is C16H23N3O3S. The van der Waals surface area contributed by atoms with Gasteiger partial charge in [0.15, 0.2) is 5.13 Å². The molecule has 1 aromatic rings. The quantitative estimate of drug-likeness (QED) is 0.890. The molecule has 7 heteroatoms. The fraction of sp³-hybridized carbons (Fsp3) is 0.688. The molecule has 3 rings (SSSR count). The van der Waals surface area contributed by atoms with Crippen LogP contribution in [0, 0.1) is 5.92 Å². The van der Waals surface area contributed by atoms with Crippen LogP contribution in [0.2, 0.25) is 0 Å². The molecule has 0 saturated carbocycles. The zero-order valence-electron chi connectivity index (χ0n) is 13.6. The minimum Gasteiger partial charge on any atom is -0.383 e. The third-order valence-electron chi connectivity index (χ3n) is 4.54. The van der Waals surface area contributed by atoms with Gasteiger partial charge >= 0.3 is 0 Å². The molecule has 1 aromatic heterocycles. The Morgan fingerprint density at radius 1 is 1.48 bits per heavy atom. The number of anilines is 1. The average molecular weight is 337 g/mol. The summed E-state index contributed by atoms with van der Waals surface area (Å²) in [7, 11) is 1.62. The largest absolute Gasteiger partial charge is 0.383 e. The highest BCUT2D eigenvalue weighted by Crippen LogP contribution is 2.30. The lowest BCUT2D eigenvalue weighted by Gasteiger charge is -2.23. The molecule has 126 valence electrons. The number of carbonyl (C=O) groups is 2. The van der Waals surface area contributed by atoms with Crippen molar-refractivity contribution in [3.05, 3.63) is 10.6 Å². The molecule has 2 aliphatic rings. The zero-order valence-corrected chi connectivity index (χ0v) is 14.4. The molecule has 1 N–H and O–H groups in total. The van der Waals surface area contributed by atoms with Crippen LogP contribution in [0.25, 0.3) is 0 Å². The number of methoxy groups -OCH3 is 1. The SMILES string of the molecule is COC[C@@H](C)N1C[C@@H](C(=O)Nc2nc3c(s2)CCCC3)CC1=O. The first-order valence-electron chi connectivity index (χ1n) is 8.16. The van der Waals surface area contributed by atoms with Gasteiger partial charge in [-0.3, -0.25) is 9.59 Å². The standard InChI is InChI=1S/C16H23N3O3S/c1-10(9-22-2)19-8-11(7-14(19)20)15(21)18-16-17-12-5-3-4-6-13(12)23-16/h10-11H,3-9H2,1-2H3,(H,17,18,21)/t10-,11+/m1/s1. The van der Waals surface area contributed by atoms with E-state index >= 15 is 0 Å². The highest BCUT2D eigenvalue weighted by Gasteiger charge is 2.36. The van der Waals surface area contributed by atoms with Crippen molar-refractivity contribution in [2.75, 3.05) is 25.6 Å². The Morgan fingerprint density at radius 3 is 3.00 bits per heavy atom. The highest BCUT2D eigenvalue weighted by molar-refractivity contribution is 7.15. The second-order valence-corrected chi connectivity index (χ2v) is 7.42. The van der Waals surface area contributed by atoms with Crippen LogP contribution >= 0.6 is 11.3 Å². The Hall–Kier alpha value is -1.47. The van der Waals surface area contributed by atoms with E-state index < -0.39 is 0 Å². The molecule has 1 aliphatic carbocycles. The molecule has 1 fully saturated rings. The highest BCUT2D eigenvalue weighted by atomic mass is 32.1. The molecule has 0 spiro atoms. The van der Waals surface area contributed by atoms with Crippen LogP contribution in [0.1, 0.15) is 36.8 Å². The van der Waals surface area contributed by atoms with E-state index in [1.165, 1.54) is 17.7 Å². The first-order chi connectivity index (χ1) is 11.1. The molecule has 1 aliphatic heterocycles. The van der Waals surface area contributed by atoms with Crippen molar-refractivity contribution >= 4 is 28.3 Å². The van der Waals surface area contributed by atoms with E-state index in [9.17, 15) is 9.59 Å². The Bertz CT molecular complexity index is 578. The lowest BCUT2D eigenvalue weighted by atomic mass is 10.0. The van der Waals surface area contributed by atoms with Gasteiger partial charge in [-0.1, -0.05) is 0 Å². The number of nitrogens with one attached hydrogen (secondary N) is 1. The van der Waals surface area contributed by atoms with Crippen molar-refractivity contribution < 1.29 is 14.3 Å². The smallest absolute Gasteiger partial charge is 0.231 e. The molecule has 0 bridgehead atoms. The van der Waals surface area contributed by atoms with Gasteiger partial charge in [-0.2, -0.15) is 0 Å². The maximum Gasteiger partial charge on any atom is 0.231 e. The molecule has 2 amide bonds. The number of thiazole rings is 1. The van der Waals surface area contributed by atoms with Crippen molar-refractivity contribution in [3.63, 3.8) is 0 Å². The van der Waals surface area contributed by atoms with E-state index in [0.29, 0.717) is 18.3 Å². The van der Waals surface area contributed by atoms with Crippen molar-refractivity contribution in [1.29, 1.82) is 0 Å². The van der Waals surface area contributed by atoms with Gasteiger partial charge in [0.1, 0.15) is 0 Å². The van der Waals surface area contributed by atoms with E-state index in [2.05, 4.69) is 10.3 Å². The van der Waals surface area contributed by atoms with Crippen molar-refractivity contribution in [1.82, 2.24) is 9.88 Å². The monoisotopic (exact) mass is 337 g/mol. The van der Waals surface area contributed by atoms with Crippen LogP contribution < -0.4 is 5.32 Å². The van der Waals surface area contributed by atoms with Crippen molar-refractivity contribution in [3.8, 4) is 0 Å². The van der Waals surface area contributed by atoms with E-state index in [1.807, 2.05) is 6.92 Å². The topological polar surface area (TPSA) is 71.5 Å². The van der Waals surface area contributed by atoms with Crippen LogP contribution in [0.15, 0.2) is 0 Å². The average Bonchev–Trinajstić information content (AvgIpc) is 3.10. The maximum absolute atomic E-state index is 12.4. The van der Waals surface area contributed by atoms with E-state index in [4.69, 9.17) is 4.74 Å². The minimum absolute atomic E-state index is 0.00234. The second kappa shape index (κ2) is 6.97. The maximum atomic E-state index is 12.4. The Kier molecular flexibility index (Phi) is 4.96. The number of hydrogen-bond donors (Lipinski definition) is 1. The Labute approximate surface area is 140 Å². The number of hydrogen-bond acceptors (Lipinski definition) is 5. The van der Waals surface area contributed by atoms with Gasteiger partial charge in [0.2, 0.25) is 11.8 Å². The number of rotatable bonds is 5. The molecular weight excluding hydrogens is 314 g/mol. The normalized spacial score (nSPS) is 22.1. The second-order valence-electron chi connectivity index (χ2n) is 6.34. The number of likely N-dealkylation sites (tertiary alicyclic amines) is 1. The lowest BCUT2D eigenvalue weighted by molar-refractivity contribution is -0.130. The molecule has 23 heavy (non-hydrogen) atoms. The third-order valence-corrected chi connectivity index (χ3v) is 5.62. The number of nitrogens with zero attached hydrogens (tertiary/aromatic N) is 2. The van der Waals surface area contributed by atoms with Gasteiger partial charge < -0.3 is 15.0 Å². The summed E-state index contributed by atoms with van der Waals surface area (Å²) in [4.78, 5) is 32.1. The van der Waals surface area contributed by atoms with Gasteiger partial charge in [-0.25, -0.2) is 4.98 Å². The molecule has 0 radical (unpaired) electrons. The molecule has 6 nitrogen and oxygen atoms in total. The summed E-state index contributed by atoms with van der Waals surface area (Å²) in [5, 5.41) is 3.59. The zero-order chi connectivity index (χ0) is 16.4. The predicted octanol–water partition coefficient (Wildman–Crippen LogP) is 1.84. The predicted molar refractivity (Wildman–Crippen MR) is 88.5 cm³/mol. The minimum atomic E-state index is -0.303. The Balaban J connectivity index is 1.60. The summed E-state index contributed by atoms with van der Waals surface area (Å²) in [6.07, 6.45) is 4.71. The molecule has 0 unspecified atom stereocenters. The summed E-state index contributed by atoms with van der Waals surface area (Å²) in [5.41, 5.74) is 1.13. The lowest BCUT2D eigenvalue weighted by Crippen LogP contribution is -2.38. The van der Waals surface area contributed by atoms with Gasteiger partial charge in [-0.05, 0) is 32.6 Å². The summed E-state index contributed by atoms with van der Waals surface area (Å²) in [6.45, 7) is 2.89. The van der Waals surface area contributed by atoms with Crippen LogP contribution in [0.4, 0.5) is 5.13 Å². The van der Waals surface area contributed by atoms with Crippen LogP contribution in [-0.2, 0) is 27.2 Å². The fourth-order valence-corrected chi connectivity index (χ4v) is 4.33. The summed E-state index contributed by atoms with van der Waals surface area (Å²) < 4.78 is 5.10. The number of fused-ring (bicyclic) bond motifs is 1. The fourth-order valence-electron chi connectivity index (χ4n) is 3.28. The summed E-state index contributed by atoms with van der Waals surface area (Å²) >= 11 is 1.58. The summed E-state index contributed by atoms with van der Waals surface area (Å²) in [6, 6.07) is -0.00234. The molecule has 2 atom stereocenters. The number of aryl methyl sites for hydroxylation is 2. The van der Waals surface area contributed by atoms with Crippen molar-refractivity contribution in [2.45, 2.75) is 45.1 Å². The van der Waals surface area contributed by atoms with Crippen LogP contribution in [0.3, 0.4) is 0 Å². The first kappa shape index (κ1) is 16.4. The number of ether oxygens (including phenoxy) is 1. The summed E-state index contributed by atoms with van der Waals surface area (Å²) in [5.74, 6) is -0.382. The number of carbonyl (C=O) groups excluding carboxylic acids is 2. The number of aromatic nitrogens is 1. The van der Waals surface area contributed by atoms with Crippen LogP contribution in [0.5, 0.6) is 0 Å². The van der Waals surface area contributed by atoms with E-state index in [0.717, 1.165) is 18.5 Å². The molecule has 2 heterocycles. The van der Waals surface area contributed by atoms with Gasteiger partial charge in [0.05, 0.1) is 24.3 Å². The van der Waals surface area contributed by atoms with E-state index in [-0.39, 0.29) is 30.2 Å². The number of amides is 2. The third kappa shape index (κ3) is 3.55. The van der Waals surface area contributed by atoms with Crippen molar-refractivity contribution in [2.24, 2.45) is 5.92 Å².